The fourth-order valence-electron chi connectivity index (χ4n) is 1.77. The fraction of sp³-hybridized carbons (Fsp3) is 0.267. The summed E-state index contributed by atoms with van der Waals surface area (Å²) in [6.45, 7) is 3.87. The van der Waals surface area contributed by atoms with E-state index in [1.54, 1.807) is 6.07 Å². The molecule has 18 heavy (non-hydrogen) atoms. The predicted octanol–water partition coefficient (Wildman–Crippen LogP) is 3.02. The van der Waals surface area contributed by atoms with Crippen LogP contribution in [0.25, 0.3) is 0 Å². The van der Waals surface area contributed by atoms with Gasteiger partial charge in [-0.05, 0) is 31.0 Å². The number of aryl methyl sites for hydroxylation is 1. The van der Waals surface area contributed by atoms with Crippen LogP contribution >= 0.6 is 0 Å². The highest BCUT2D eigenvalue weighted by atomic mass is 16.5. The maximum atomic E-state index is 9.09. The quantitative estimate of drug-likeness (QED) is 0.897. The fourth-order valence-corrected chi connectivity index (χ4v) is 1.77. The summed E-state index contributed by atoms with van der Waals surface area (Å²) in [6.07, 6.45) is -0.0434. The zero-order valence-corrected chi connectivity index (χ0v) is 10.6. The van der Waals surface area contributed by atoms with Crippen LogP contribution in [0.3, 0.4) is 0 Å². The molecular weight excluding hydrogens is 226 g/mol. The van der Waals surface area contributed by atoms with E-state index in [4.69, 9.17) is 9.84 Å². The summed E-state index contributed by atoms with van der Waals surface area (Å²) in [5, 5.41) is 9.09. The number of hydrogen-bond donors (Lipinski definition) is 1. The van der Waals surface area contributed by atoms with E-state index in [0.29, 0.717) is 5.88 Å². The lowest BCUT2D eigenvalue weighted by atomic mass is 10.1. The van der Waals surface area contributed by atoms with Gasteiger partial charge in [-0.2, -0.15) is 0 Å². The van der Waals surface area contributed by atoms with Crippen molar-refractivity contribution < 1.29 is 9.84 Å². The second kappa shape index (κ2) is 5.65. The van der Waals surface area contributed by atoms with E-state index in [1.165, 1.54) is 0 Å². The molecule has 1 N–H and O–H groups in total. The first-order chi connectivity index (χ1) is 8.70. The third-order valence-corrected chi connectivity index (χ3v) is 2.91. The van der Waals surface area contributed by atoms with Gasteiger partial charge in [0.2, 0.25) is 5.88 Å². The molecule has 1 aromatic carbocycles. The zero-order chi connectivity index (χ0) is 13.0. The summed E-state index contributed by atoms with van der Waals surface area (Å²) < 4.78 is 5.79. The molecule has 1 atom stereocenters. The van der Waals surface area contributed by atoms with Gasteiger partial charge < -0.3 is 9.84 Å². The summed E-state index contributed by atoms with van der Waals surface area (Å²) >= 11 is 0. The maximum Gasteiger partial charge on any atom is 0.214 e. The predicted molar refractivity (Wildman–Crippen MR) is 70.4 cm³/mol. The molecule has 3 heteroatoms. The van der Waals surface area contributed by atoms with E-state index in [-0.39, 0.29) is 12.7 Å². The van der Waals surface area contributed by atoms with E-state index in [1.807, 2.05) is 50.2 Å². The monoisotopic (exact) mass is 243 g/mol. The van der Waals surface area contributed by atoms with Crippen molar-refractivity contribution in [3.8, 4) is 5.88 Å². The summed E-state index contributed by atoms with van der Waals surface area (Å²) in [7, 11) is 0. The first-order valence-electron chi connectivity index (χ1n) is 5.99. The van der Waals surface area contributed by atoms with Crippen molar-refractivity contribution in [2.24, 2.45) is 0 Å². The van der Waals surface area contributed by atoms with E-state index in [9.17, 15) is 0 Å². The number of aliphatic hydroxyl groups is 1. The van der Waals surface area contributed by atoms with Crippen molar-refractivity contribution in [2.45, 2.75) is 26.6 Å². The van der Waals surface area contributed by atoms with Crippen LogP contribution in [-0.2, 0) is 6.61 Å². The Morgan fingerprint density at radius 1 is 1.17 bits per heavy atom. The molecule has 1 heterocycles. The van der Waals surface area contributed by atoms with E-state index >= 15 is 0 Å². The number of aliphatic hydroxyl groups excluding tert-OH is 1. The summed E-state index contributed by atoms with van der Waals surface area (Å²) in [6, 6.07) is 13.6. The molecule has 0 saturated carbocycles. The molecule has 0 aliphatic heterocycles. The number of benzene rings is 1. The third kappa shape index (κ3) is 2.87. The van der Waals surface area contributed by atoms with E-state index < -0.39 is 0 Å². The summed E-state index contributed by atoms with van der Waals surface area (Å²) in [5.41, 5.74) is 2.74. The zero-order valence-electron chi connectivity index (χ0n) is 10.6. The van der Waals surface area contributed by atoms with Gasteiger partial charge in [0.1, 0.15) is 6.10 Å². The summed E-state index contributed by atoms with van der Waals surface area (Å²) in [5.74, 6) is 0.584. The maximum absolute atomic E-state index is 9.09. The molecule has 0 bridgehead atoms. The molecule has 2 rings (SSSR count). The van der Waals surface area contributed by atoms with Crippen molar-refractivity contribution in [1.29, 1.82) is 0 Å². The molecule has 2 aromatic rings. The van der Waals surface area contributed by atoms with E-state index in [2.05, 4.69) is 4.98 Å². The van der Waals surface area contributed by atoms with Crippen molar-refractivity contribution in [3.63, 3.8) is 0 Å². The van der Waals surface area contributed by atoms with Gasteiger partial charge in [0.05, 0.1) is 6.61 Å². The molecule has 0 amide bonds. The van der Waals surface area contributed by atoms with Crippen LogP contribution in [0.15, 0.2) is 42.5 Å². The van der Waals surface area contributed by atoms with Crippen molar-refractivity contribution in [1.82, 2.24) is 4.98 Å². The largest absolute Gasteiger partial charge is 0.470 e. The molecule has 1 aromatic heterocycles. The topological polar surface area (TPSA) is 42.4 Å². The Bertz CT molecular complexity index is 511. The van der Waals surface area contributed by atoms with Gasteiger partial charge in [0.25, 0.3) is 0 Å². The Morgan fingerprint density at radius 3 is 2.50 bits per heavy atom. The van der Waals surface area contributed by atoms with Crippen molar-refractivity contribution in [2.75, 3.05) is 0 Å². The van der Waals surface area contributed by atoms with Gasteiger partial charge >= 0.3 is 0 Å². The number of nitrogens with zero attached hydrogens (tertiary/aromatic N) is 1. The lowest BCUT2D eigenvalue weighted by molar-refractivity contribution is 0.216. The molecule has 0 fully saturated rings. The molecule has 0 saturated heterocycles. The number of hydrogen-bond acceptors (Lipinski definition) is 3. The molecule has 0 aliphatic carbocycles. The van der Waals surface area contributed by atoms with Crippen LogP contribution in [0.4, 0.5) is 0 Å². The van der Waals surface area contributed by atoms with Crippen LogP contribution in [0.5, 0.6) is 5.88 Å². The van der Waals surface area contributed by atoms with Gasteiger partial charge in [-0.1, -0.05) is 30.3 Å². The Balaban J connectivity index is 2.12. The molecule has 3 nitrogen and oxygen atoms in total. The van der Waals surface area contributed by atoms with Gasteiger partial charge in [0.15, 0.2) is 0 Å². The Morgan fingerprint density at radius 2 is 1.89 bits per heavy atom. The average Bonchev–Trinajstić information content (AvgIpc) is 2.40. The summed E-state index contributed by atoms with van der Waals surface area (Å²) in [4.78, 5) is 4.33. The van der Waals surface area contributed by atoms with Crippen LogP contribution in [0.2, 0.25) is 0 Å². The minimum Gasteiger partial charge on any atom is -0.470 e. The molecule has 0 aliphatic rings. The molecule has 0 radical (unpaired) electrons. The Labute approximate surface area is 107 Å². The highest BCUT2D eigenvalue weighted by Gasteiger charge is 2.08. The molecule has 0 spiro atoms. The molecule has 94 valence electrons. The van der Waals surface area contributed by atoms with Crippen molar-refractivity contribution >= 4 is 0 Å². The molecular formula is C15H17NO2. The number of aromatic nitrogens is 1. The van der Waals surface area contributed by atoms with Gasteiger partial charge in [-0.25, -0.2) is 4.98 Å². The number of pyridine rings is 1. The Kier molecular flexibility index (Phi) is 3.95. The van der Waals surface area contributed by atoms with Crippen molar-refractivity contribution in [3.05, 3.63) is 59.3 Å². The van der Waals surface area contributed by atoms with Gasteiger partial charge in [-0.3, -0.25) is 0 Å². The second-order valence-electron chi connectivity index (χ2n) is 4.22. The third-order valence-electron chi connectivity index (χ3n) is 2.91. The standard InChI is InChI=1S/C15H17NO2/c1-11-14(10-17)8-9-15(16-11)18-12(2)13-6-4-3-5-7-13/h3-9,12,17H,10H2,1-2H3. The highest BCUT2D eigenvalue weighted by Crippen LogP contribution is 2.21. The van der Waals surface area contributed by atoms with Crippen LogP contribution in [0.1, 0.15) is 29.8 Å². The first-order valence-corrected chi connectivity index (χ1v) is 5.99. The average molecular weight is 243 g/mol. The first kappa shape index (κ1) is 12.6. The van der Waals surface area contributed by atoms with Gasteiger partial charge in [-0.15, -0.1) is 0 Å². The second-order valence-corrected chi connectivity index (χ2v) is 4.22. The van der Waals surface area contributed by atoms with Crippen LogP contribution in [-0.4, -0.2) is 10.1 Å². The normalized spacial score (nSPS) is 12.2. The lowest BCUT2D eigenvalue weighted by Gasteiger charge is -2.15. The number of rotatable bonds is 4. The van der Waals surface area contributed by atoms with Crippen LogP contribution in [0, 0.1) is 6.92 Å². The smallest absolute Gasteiger partial charge is 0.214 e. The van der Waals surface area contributed by atoms with E-state index in [0.717, 1.165) is 16.8 Å². The minimum atomic E-state index is -0.0434. The SMILES string of the molecule is Cc1nc(OC(C)c2ccccc2)ccc1CO. The lowest BCUT2D eigenvalue weighted by Crippen LogP contribution is -2.05. The highest BCUT2D eigenvalue weighted by molar-refractivity contribution is 5.25. The van der Waals surface area contributed by atoms with Crippen LogP contribution < -0.4 is 4.74 Å². The minimum absolute atomic E-state index is 0.00729. The number of ether oxygens (including phenoxy) is 1. The molecule has 1 unspecified atom stereocenters. The van der Waals surface area contributed by atoms with Gasteiger partial charge in [0, 0.05) is 11.8 Å². The Hall–Kier alpha value is -1.87.